The number of piperidine rings is 1. The standard InChI is InChI=1S/C32H31F3N4O2/c1-19-30(2,3)13-12-26(23-7-4-5-8-24(23)32(33,34)35)39(19)18-27(40)37-22-11-10-20-16-31(17-21(20)15-22)25-9-6-14-36-28(25)38-29(31)41/h4-11,14-15,26H,1,12-13,16-18H2,2-3H3,(H,37,40)(H,36,38,41). The number of carbonyl (C=O) groups is 2. The molecule has 3 aliphatic rings. The largest absolute Gasteiger partial charge is 0.416 e. The maximum Gasteiger partial charge on any atom is 0.416 e. The number of likely N-dealkylation sites (tertiary alicyclic amines) is 1. The van der Waals surface area contributed by atoms with Gasteiger partial charge in [-0.3, -0.25) is 9.59 Å². The molecule has 1 aromatic heterocycles. The van der Waals surface area contributed by atoms with Gasteiger partial charge in [0.2, 0.25) is 11.8 Å². The van der Waals surface area contributed by atoms with E-state index >= 15 is 0 Å². The van der Waals surface area contributed by atoms with Crippen molar-refractivity contribution in [3.05, 3.63) is 101 Å². The summed E-state index contributed by atoms with van der Waals surface area (Å²) in [6, 6.07) is 14.3. The number of hydrogen-bond acceptors (Lipinski definition) is 4. The highest BCUT2D eigenvalue weighted by molar-refractivity contribution is 6.06. The summed E-state index contributed by atoms with van der Waals surface area (Å²) in [4.78, 5) is 32.4. The number of fused-ring (bicyclic) bond motifs is 3. The van der Waals surface area contributed by atoms with Crippen LogP contribution in [0.2, 0.25) is 0 Å². The number of allylic oxidation sites excluding steroid dienone is 1. The summed E-state index contributed by atoms with van der Waals surface area (Å²) in [5.41, 5.74) is 2.47. The molecule has 3 heterocycles. The zero-order valence-electron chi connectivity index (χ0n) is 22.9. The van der Waals surface area contributed by atoms with Crippen LogP contribution in [-0.2, 0) is 34.0 Å². The molecule has 212 valence electrons. The van der Waals surface area contributed by atoms with Crippen LogP contribution in [0, 0.1) is 5.41 Å². The lowest BCUT2D eigenvalue weighted by Gasteiger charge is -2.47. The smallest absolute Gasteiger partial charge is 0.359 e. The lowest BCUT2D eigenvalue weighted by atomic mass is 9.76. The Labute approximate surface area is 236 Å². The Morgan fingerprint density at radius 2 is 1.88 bits per heavy atom. The van der Waals surface area contributed by atoms with Crippen LogP contribution in [0.25, 0.3) is 0 Å². The van der Waals surface area contributed by atoms with Crippen molar-refractivity contribution in [2.24, 2.45) is 5.41 Å². The third kappa shape index (κ3) is 4.57. The van der Waals surface area contributed by atoms with Gasteiger partial charge in [-0.15, -0.1) is 0 Å². The minimum Gasteiger partial charge on any atom is -0.359 e. The maximum absolute atomic E-state index is 13.9. The van der Waals surface area contributed by atoms with Gasteiger partial charge in [-0.25, -0.2) is 4.98 Å². The molecule has 1 spiro atoms. The number of aromatic nitrogens is 1. The highest BCUT2D eigenvalue weighted by atomic mass is 19.4. The van der Waals surface area contributed by atoms with E-state index < -0.39 is 23.2 Å². The van der Waals surface area contributed by atoms with Crippen LogP contribution in [-0.4, -0.2) is 28.2 Å². The van der Waals surface area contributed by atoms with Crippen LogP contribution in [0.1, 0.15) is 60.5 Å². The molecule has 2 amide bonds. The van der Waals surface area contributed by atoms with Gasteiger partial charge >= 0.3 is 6.18 Å². The van der Waals surface area contributed by atoms with Gasteiger partial charge in [-0.2, -0.15) is 13.2 Å². The van der Waals surface area contributed by atoms with Crippen LogP contribution in [0.15, 0.2) is 73.1 Å². The van der Waals surface area contributed by atoms with Crippen molar-refractivity contribution < 1.29 is 22.8 Å². The number of benzene rings is 2. The number of halogens is 3. The number of nitrogens with one attached hydrogen (secondary N) is 2. The van der Waals surface area contributed by atoms with Gasteiger partial charge in [-0.1, -0.05) is 50.8 Å². The first-order valence-corrected chi connectivity index (χ1v) is 13.7. The molecule has 0 saturated carbocycles. The fraction of sp³-hybridized carbons (Fsp3) is 0.344. The van der Waals surface area contributed by atoms with Gasteiger partial charge in [-0.05, 0) is 66.6 Å². The molecule has 6 nitrogen and oxygen atoms in total. The molecule has 6 rings (SSSR count). The maximum atomic E-state index is 13.9. The van der Waals surface area contributed by atoms with E-state index in [4.69, 9.17) is 0 Å². The van der Waals surface area contributed by atoms with Crippen LogP contribution < -0.4 is 10.6 Å². The van der Waals surface area contributed by atoms with Gasteiger partial charge in [0.15, 0.2) is 0 Å². The molecule has 41 heavy (non-hydrogen) atoms. The molecule has 2 unspecified atom stereocenters. The van der Waals surface area contributed by atoms with Crippen LogP contribution in [0.5, 0.6) is 0 Å². The van der Waals surface area contributed by atoms with E-state index in [0.717, 1.165) is 22.8 Å². The predicted molar refractivity (Wildman–Crippen MR) is 150 cm³/mol. The Hall–Kier alpha value is -4.14. The van der Waals surface area contributed by atoms with E-state index in [-0.39, 0.29) is 29.3 Å². The molecular formula is C32H31F3N4O2. The van der Waals surface area contributed by atoms with Crippen molar-refractivity contribution in [2.45, 2.75) is 57.2 Å². The van der Waals surface area contributed by atoms with Crippen LogP contribution in [0.4, 0.5) is 24.7 Å². The van der Waals surface area contributed by atoms with Gasteiger partial charge in [0, 0.05) is 28.6 Å². The quantitative estimate of drug-likeness (QED) is 0.387. The summed E-state index contributed by atoms with van der Waals surface area (Å²) in [6.07, 6.45) is -0.703. The fourth-order valence-electron chi connectivity index (χ4n) is 6.65. The lowest BCUT2D eigenvalue weighted by molar-refractivity contribution is -0.139. The Morgan fingerprint density at radius 1 is 1.12 bits per heavy atom. The molecule has 2 aliphatic heterocycles. The van der Waals surface area contributed by atoms with Crippen LogP contribution in [0.3, 0.4) is 0 Å². The van der Waals surface area contributed by atoms with E-state index in [1.165, 1.54) is 12.1 Å². The van der Waals surface area contributed by atoms with Crippen LogP contribution >= 0.6 is 0 Å². The van der Waals surface area contributed by atoms with Crippen molar-refractivity contribution in [2.75, 3.05) is 17.2 Å². The zero-order valence-corrected chi connectivity index (χ0v) is 22.9. The number of nitrogens with zero attached hydrogens (tertiary/aromatic N) is 2. The van der Waals surface area contributed by atoms with Crippen molar-refractivity contribution in [3.8, 4) is 0 Å². The van der Waals surface area contributed by atoms with E-state index in [0.29, 0.717) is 42.9 Å². The molecule has 3 aromatic rings. The topological polar surface area (TPSA) is 74.3 Å². The molecule has 2 atom stereocenters. The minimum absolute atomic E-state index is 0.0793. The van der Waals surface area contributed by atoms with Crippen molar-refractivity contribution in [1.29, 1.82) is 0 Å². The molecule has 1 aliphatic carbocycles. The zero-order chi connectivity index (χ0) is 29.2. The highest BCUT2D eigenvalue weighted by Gasteiger charge is 2.51. The first kappa shape index (κ1) is 27.1. The average Bonchev–Trinajstić information content (AvgIpc) is 3.43. The number of pyridine rings is 1. The number of anilines is 2. The van der Waals surface area contributed by atoms with Crippen molar-refractivity contribution >= 4 is 23.3 Å². The molecular weight excluding hydrogens is 529 g/mol. The number of alkyl halides is 3. The molecule has 0 bridgehead atoms. The van der Waals surface area contributed by atoms with E-state index in [9.17, 15) is 22.8 Å². The fourth-order valence-corrected chi connectivity index (χ4v) is 6.65. The Bertz CT molecular complexity index is 1580. The SMILES string of the molecule is C=C1N(CC(=O)Nc2ccc3c(c2)CC2(C3)C(=O)Nc3ncccc32)C(c2ccccc2C(F)(F)F)CCC1(C)C. The number of carbonyl (C=O) groups excluding carboxylic acids is 2. The van der Waals surface area contributed by atoms with Crippen molar-refractivity contribution in [1.82, 2.24) is 9.88 Å². The Balaban J connectivity index is 1.23. The normalized spacial score (nSPS) is 22.9. The third-order valence-corrected chi connectivity index (χ3v) is 8.95. The summed E-state index contributed by atoms with van der Waals surface area (Å²) in [7, 11) is 0. The number of amides is 2. The predicted octanol–water partition coefficient (Wildman–Crippen LogP) is 6.40. The highest BCUT2D eigenvalue weighted by Crippen LogP contribution is 2.49. The monoisotopic (exact) mass is 560 g/mol. The molecule has 2 aromatic carbocycles. The van der Waals surface area contributed by atoms with Gasteiger partial charge in [0.1, 0.15) is 5.82 Å². The van der Waals surface area contributed by atoms with E-state index in [2.05, 4.69) is 22.2 Å². The second-order valence-electron chi connectivity index (χ2n) is 11.9. The van der Waals surface area contributed by atoms with Gasteiger partial charge < -0.3 is 15.5 Å². The van der Waals surface area contributed by atoms with Gasteiger partial charge in [0.05, 0.1) is 23.6 Å². The third-order valence-electron chi connectivity index (χ3n) is 8.95. The second-order valence-corrected chi connectivity index (χ2v) is 11.9. The summed E-state index contributed by atoms with van der Waals surface area (Å²) in [6.45, 7) is 8.06. The second kappa shape index (κ2) is 9.46. The van der Waals surface area contributed by atoms with E-state index in [1.54, 1.807) is 23.2 Å². The minimum atomic E-state index is -4.51. The molecule has 1 saturated heterocycles. The average molecular weight is 561 g/mol. The van der Waals surface area contributed by atoms with E-state index in [1.807, 2.05) is 38.1 Å². The molecule has 1 fully saturated rings. The van der Waals surface area contributed by atoms with Gasteiger partial charge in [0.25, 0.3) is 0 Å². The summed E-state index contributed by atoms with van der Waals surface area (Å²) >= 11 is 0. The number of rotatable bonds is 4. The summed E-state index contributed by atoms with van der Waals surface area (Å²) in [5, 5.41) is 5.83. The Kier molecular flexibility index (Phi) is 6.24. The Morgan fingerprint density at radius 3 is 2.66 bits per heavy atom. The summed E-state index contributed by atoms with van der Waals surface area (Å²) in [5.74, 6) is 0.161. The molecule has 9 heteroatoms. The number of hydrogen-bond donors (Lipinski definition) is 2. The molecule has 0 radical (unpaired) electrons. The lowest BCUT2D eigenvalue weighted by Crippen LogP contribution is -2.44. The van der Waals surface area contributed by atoms with Crippen molar-refractivity contribution in [3.63, 3.8) is 0 Å². The molecule has 2 N–H and O–H groups in total. The summed E-state index contributed by atoms with van der Waals surface area (Å²) < 4.78 is 41.7. The first-order chi connectivity index (χ1) is 19.4. The first-order valence-electron chi connectivity index (χ1n) is 13.7.